The van der Waals surface area contributed by atoms with Crippen LogP contribution in [0, 0.1) is 11.8 Å². The van der Waals surface area contributed by atoms with Crippen molar-refractivity contribution in [2.75, 3.05) is 0 Å². The maximum absolute atomic E-state index is 11.8. The van der Waals surface area contributed by atoms with Crippen LogP contribution in [0.1, 0.15) is 19.8 Å². The second-order valence-electron chi connectivity index (χ2n) is 2.70. The Labute approximate surface area is 52.1 Å². The molecule has 1 aliphatic rings. The minimum Gasteiger partial charge on any atom is -0.171 e. The molecule has 1 saturated carbocycles. The molecule has 0 N–H and O–H groups in total. The molecule has 0 bridgehead atoms. The topological polar surface area (TPSA) is 0 Å². The Bertz CT molecular complexity index is 105. The van der Waals surface area contributed by atoms with Crippen LogP contribution in [-0.2, 0) is 0 Å². The van der Waals surface area contributed by atoms with Gasteiger partial charge in [0.2, 0.25) is 0 Å². The van der Waals surface area contributed by atoms with E-state index in [1.807, 2.05) is 0 Å². The molecule has 0 radical (unpaired) electrons. The van der Waals surface area contributed by atoms with Crippen molar-refractivity contribution in [3.63, 3.8) is 0 Å². The Kier molecular flexibility index (Phi) is 1.45. The van der Waals surface area contributed by atoms with Gasteiger partial charge in [-0.15, -0.1) is 0 Å². The summed E-state index contributed by atoms with van der Waals surface area (Å²) in [5.74, 6) is -1.14. The molecule has 0 spiro atoms. The SMILES string of the molecule is CC1CCC1C(F)(F)F. The van der Waals surface area contributed by atoms with Gasteiger partial charge < -0.3 is 0 Å². The molecule has 0 aliphatic heterocycles. The Morgan fingerprint density at radius 1 is 1.22 bits per heavy atom. The Morgan fingerprint density at radius 3 is 1.78 bits per heavy atom. The van der Waals surface area contributed by atoms with Crippen LogP contribution in [0.4, 0.5) is 13.2 Å². The third-order valence-electron chi connectivity index (χ3n) is 2.04. The highest BCUT2D eigenvalue weighted by Gasteiger charge is 2.47. The second-order valence-corrected chi connectivity index (χ2v) is 2.70. The third-order valence-corrected chi connectivity index (χ3v) is 2.04. The summed E-state index contributed by atoms with van der Waals surface area (Å²) in [5, 5.41) is 0. The average molecular weight is 138 g/mol. The zero-order valence-electron chi connectivity index (χ0n) is 5.20. The highest BCUT2D eigenvalue weighted by atomic mass is 19.4. The van der Waals surface area contributed by atoms with Crippen LogP contribution < -0.4 is 0 Å². The molecule has 0 aromatic carbocycles. The predicted molar refractivity (Wildman–Crippen MR) is 27.9 cm³/mol. The van der Waals surface area contributed by atoms with Crippen LogP contribution in [0.25, 0.3) is 0 Å². The summed E-state index contributed by atoms with van der Waals surface area (Å²) < 4.78 is 35.3. The van der Waals surface area contributed by atoms with Crippen LogP contribution in [0.3, 0.4) is 0 Å². The first-order chi connectivity index (χ1) is 4.02. The molecular formula is C6H9F3. The lowest BCUT2D eigenvalue weighted by atomic mass is 9.74. The summed E-state index contributed by atoms with van der Waals surface area (Å²) in [7, 11) is 0. The largest absolute Gasteiger partial charge is 0.392 e. The highest BCUT2D eigenvalue weighted by molar-refractivity contribution is 4.82. The summed E-state index contributed by atoms with van der Waals surface area (Å²) in [4.78, 5) is 0. The number of hydrogen-bond acceptors (Lipinski definition) is 0. The van der Waals surface area contributed by atoms with Gasteiger partial charge in [0.15, 0.2) is 0 Å². The van der Waals surface area contributed by atoms with Crippen molar-refractivity contribution in [3.8, 4) is 0 Å². The number of alkyl halides is 3. The first-order valence-corrected chi connectivity index (χ1v) is 3.08. The molecule has 1 aliphatic carbocycles. The molecule has 0 heterocycles. The van der Waals surface area contributed by atoms with Gasteiger partial charge in [-0.3, -0.25) is 0 Å². The minimum absolute atomic E-state index is 0.134. The van der Waals surface area contributed by atoms with Gasteiger partial charge in [-0.2, -0.15) is 13.2 Å². The fourth-order valence-corrected chi connectivity index (χ4v) is 1.15. The van der Waals surface area contributed by atoms with E-state index < -0.39 is 12.1 Å². The fourth-order valence-electron chi connectivity index (χ4n) is 1.15. The van der Waals surface area contributed by atoms with Crippen molar-refractivity contribution >= 4 is 0 Å². The van der Waals surface area contributed by atoms with Crippen LogP contribution in [0.15, 0.2) is 0 Å². The lowest BCUT2D eigenvalue weighted by Crippen LogP contribution is -2.36. The lowest BCUT2D eigenvalue weighted by molar-refractivity contribution is -0.210. The highest BCUT2D eigenvalue weighted by Crippen LogP contribution is 2.44. The second kappa shape index (κ2) is 1.89. The van der Waals surface area contributed by atoms with Crippen LogP contribution in [0.5, 0.6) is 0 Å². The molecular weight excluding hydrogens is 129 g/mol. The Morgan fingerprint density at radius 2 is 1.78 bits per heavy atom. The molecule has 1 rings (SSSR count). The number of hydrogen-bond donors (Lipinski definition) is 0. The van der Waals surface area contributed by atoms with Crippen molar-refractivity contribution in [1.82, 2.24) is 0 Å². The molecule has 0 aromatic heterocycles. The van der Waals surface area contributed by atoms with E-state index in [-0.39, 0.29) is 5.92 Å². The monoisotopic (exact) mass is 138 g/mol. The molecule has 54 valence electrons. The molecule has 2 atom stereocenters. The Hall–Kier alpha value is -0.210. The predicted octanol–water partition coefficient (Wildman–Crippen LogP) is 2.59. The molecule has 1 fully saturated rings. The van der Waals surface area contributed by atoms with E-state index in [1.165, 1.54) is 0 Å². The molecule has 0 saturated heterocycles. The van der Waals surface area contributed by atoms with Crippen LogP contribution in [-0.4, -0.2) is 6.18 Å². The standard InChI is InChI=1S/C6H9F3/c1-4-2-3-5(4)6(7,8)9/h4-5H,2-3H2,1H3. The maximum Gasteiger partial charge on any atom is 0.392 e. The van der Waals surface area contributed by atoms with Gasteiger partial charge in [-0.05, 0) is 18.8 Å². The molecule has 3 heteroatoms. The van der Waals surface area contributed by atoms with E-state index in [1.54, 1.807) is 6.92 Å². The normalized spacial score (nSPS) is 36.0. The lowest BCUT2D eigenvalue weighted by Gasteiger charge is -2.35. The average Bonchev–Trinajstić information content (AvgIpc) is 1.57. The fraction of sp³-hybridized carbons (Fsp3) is 1.00. The number of halogens is 3. The summed E-state index contributed by atoms with van der Waals surface area (Å²) in [6, 6.07) is 0. The van der Waals surface area contributed by atoms with Crippen molar-refractivity contribution in [2.24, 2.45) is 11.8 Å². The Balaban J connectivity index is 2.44. The summed E-state index contributed by atoms with van der Waals surface area (Å²) in [6.45, 7) is 1.65. The first-order valence-electron chi connectivity index (χ1n) is 3.08. The maximum atomic E-state index is 11.8. The first kappa shape index (κ1) is 6.90. The van der Waals surface area contributed by atoms with Gasteiger partial charge in [0, 0.05) is 0 Å². The van der Waals surface area contributed by atoms with Gasteiger partial charge in [-0.25, -0.2) is 0 Å². The third kappa shape index (κ3) is 1.19. The molecule has 2 unspecified atom stereocenters. The van der Waals surface area contributed by atoms with E-state index in [0.29, 0.717) is 6.42 Å². The van der Waals surface area contributed by atoms with Gasteiger partial charge in [-0.1, -0.05) is 6.92 Å². The van der Waals surface area contributed by atoms with E-state index in [0.717, 1.165) is 6.42 Å². The van der Waals surface area contributed by atoms with Crippen LogP contribution in [0.2, 0.25) is 0 Å². The molecule has 0 aromatic rings. The van der Waals surface area contributed by atoms with E-state index in [4.69, 9.17) is 0 Å². The van der Waals surface area contributed by atoms with Crippen molar-refractivity contribution in [1.29, 1.82) is 0 Å². The zero-order chi connectivity index (χ0) is 7.07. The smallest absolute Gasteiger partial charge is 0.171 e. The van der Waals surface area contributed by atoms with Crippen molar-refractivity contribution in [3.05, 3.63) is 0 Å². The summed E-state index contributed by atoms with van der Waals surface area (Å²) >= 11 is 0. The number of rotatable bonds is 0. The van der Waals surface area contributed by atoms with Gasteiger partial charge in [0.25, 0.3) is 0 Å². The molecule has 0 nitrogen and oxygen atoms in total. The van der Waals surface area contributed by atoms with E-state index in [2.05, 4.69) is 0 Å². The van der Waals surface area contributed by atoms with Gasteiger partial charge in [0.1, 0.15) is 0 Å². The molecule has 0 amide bonds. The summed E-state index contributed by atoms with van der Waals surface area (Å²) in [6.07, 6.45) is -2.85. The van der Waals surface area contributed by atoms with Crippen LogP contribution >= 0.6 is 0 Å². The van der Waals surface area contributed by atoms with Gasteiger partial charge >= 0.3 is 6.18 Å². The van der Waals surface area contributed by atoms with Gasteiger partial charge in [0.05, 0.1) is 5.92 Å². The minimum atomic E-state index is -3.93. The van der Waals surface area contributed by atoms with Crippen molar-refractivity contribution < 1.29 is 13.2 Å². The summed E-state index contributed by atoms with van der Waals surface area (Å²) in [5.41, 5.74) is 0. The van der Waals surface area contributed by atoms with Crippen molar-refractivity contribution in [2.45, 2.75) is 25.9 Å². The zero-order valence-corrected chi connectivity index (χ0v) is 5.20. The molecule has 9 heavy (non-hydrogen) atoms. The van der Waals surface area contributed by atoms with E-state index >= 15 is 0 Å². The quantitative estimate of drug-likeness (QED) is 0.482. The van der Waals surface area contributed by atoms with E-state index in [9.17, 15) is 13.2 Å².